The van der Waals surface area contributed by atoms with Gasteiger partial charge in [0, 0.05) is 25.0 Å². The minimum atomic E-state index is 0.168. The second kappa shape index (κ2) is 3.82. The molecule has 0 N–H and O–H groups in total. The topological polar surface area (TPSA) is 17.1 Å². The van der Waals surface area contributed by atoms with Gasteiger partial charge >= 0.3 is 0 Å². The Morgan fingerprint density at radius 3 is 3.06 bits per heavy atom. The van der Waals surface area contributed by atoms with Gasteiger partial charge in [-0.15, -0.1) is 11.3 Å². The Bertz CT molecular complexity index is 655. The van der Waals surface area contributed by atoms with E-state index >= 15 is 0 Å². The standard InChI is InChI=1S/C13H9BrOS/c14-8-5-6-12-10(7-8)13(15)9-3-1-2-4-11(9)16-12/h1,3,5-7H,2,4H2. The molecule has 0 saturated heterocycles. The summed E-state index contributed by atoms with van der Waals surface area (Å²) in [5, 5.41) is 0.824. The number of allylic oxidation sites excluding steroid dienone is 1. The van der Waals surface area contributed by atoms with Crippen LogP contribution in [-0.2, 0) is 6.42 Å². The van der Waals surface area contributed by atoms with E-state index in [1.165, 1.54) is 4.88 Å². The van der Waals surface area contributed by atoms with Crippen molar-refractivity contribution < 1.29 is 0 Å². The fourth-order valence-electron chi connectivity index (χ4n) is 2.00. The van der Waals surface area contributed by atoms with Crippen LogP contribution in [0.3, 0.4) is 0 Å². The fraction of sp³-hybridized carbons (Fsp3) is 0.154. The van der Waals surface area contributed by atoms with Crippen molar-refractivity contribution in [2.75, 3.05) is 0 Å². The van der Waals surface area contributed by atoms with E-state index < -0.39 is 0 Å². The van der Waals surface area contributed by atoms with E-state index in [9.17, 15) is 4.79 Å². The summed E-state index contributed by atoms with van der Waals surface area (Å²) in [6.07, 6.45) is 6.10. The van der Waals surface area contributed by atoms with E-state index in [0.29, 0.717) is 0 Å². The molecule has 0 saturated carbocycles. The van der Waals surface area contributed by atoms with Gasteiger partial charge in [0.25, 0.3) is 0 Å². The van der Waals surface area contributed by atoms with Gasteiger partial charge in [0.15, 0.2) is 5.43 Å². The Morgan fingerprint density at radius 1 is 1.31 bits per heavy atom. The van der Waals surface area contributed by atoms with Crippen molar-refractivity contribution in [3.05, 3.63) is 49.4 Å². The zero-order valence-electron chi connectivity index (χ0n) is 8.50. The Kier molecular flexibility index (Phi) is 2.45. The molecule has 0 atom stereocenters. The highest BCUT2D eigenvalue weighted by atomic mass is 79.9. The molecule has 0 spiro atoms. The molecule has 0 radical (unpaired) electrons. The maximum atomic E-state index is 12.3. The predicted octanol–water partition coefficient (Wildman–Crippen LogP) is 3.98. The third kappa shape index (κ3) is 1.55. The second-order valence-electron chi connectivity index (χ2n) is 3.85. The van der Waals surface area contributed by atoms with Gasteiger partial charge in [0.1, 0.15) is 0 Å². The van der Waals surface area contributed by atoms with Crippen molar-refractivity contribution in [2.45, 2.75) is 12.8 Å². The molecule has 0 amide bonds. The first-order valence-electron chi connectivity index (χ1n) is 5.17. The third-order valence-corrected chi connectivity index (χ3v) is 4.53. The maximum Gasteiger partial charge on any atom is 0.195 e. The van der Waals surface area contributed by atoms with Gasteiger partial charge in [0.05, 0.1) is 0 Å². The quantitative estimate of drug-likeness (QED) is 0.718. The third-order valence-electron chi connectivity index (χ3n) is 2.79. The number of halogens is 1. The Labute approximate surface area is 106 Å². The molecule has 80 valence electrons. The van der Waals surface area contributed by atoms with E-state index in [0.717, 1.165) is 33.0 Å². The summed E-state index contributed by atoms with van der Waals surface area (Å²) in [6, 6.07) is 5.92. The number of hydrogen-bond acceptors (Lipinski definition) is 2. The summed E-state index contributed by atoms with van der Waals surface area (Å²) in [5.74, 6) is 0. The van der Waals surface area contributed by atoms with Gasteiger partial charge in [-0.1, -0.05) is 28.1 Å². The second-order valence-corrected chi connectivity index (χ2v) is 5.90. The lowest BCUT2D eigenvalue weighted by Crippen LogP contribution is -2.09. The van der Waals surface area contributed by atoms with E-state index in [2.05, 4.69) is 22.0 Å². The van der Waals surface area contributed by atoms with Crippen LogP contribution >= 0.6 is 27.3 Å². The maximum absolute atomic E-state index is 12.3. The average Bonchev–Trinajstić information content (AvgIpc) is 2.31. The van der Waals surface area contributed by atoms with Crippen molar-refractivity contribution in [2.24, 2.45) is 0 Å². The number of benzene rings is 1. The van der Waals surface area contributed by atoms with Crippen molar-refractivity contribution in [3.8, 4) is 0 Å². The minimum Gasteiger partial charge on any atom is -0.289 e. The summed E-state index contributed by atoms with van der Waals surface area (Å²) < 4.78 is 2.05. The number of hydrogen-bond donors (Lipinski definition) is 0. The van der Waals surface area contributed by atoms with Gasteiger partial charge in [-0.25, -0.2) is 0 Å². The molecule has 1 aromatic heterocycles. The summed E-state index contributed by atoms with van der Waals surface area (Å²) >= 11 is 5.15. The van der Waals surface area contributed by atoms with E-state index in [-0.39, 0.29) is 5.43 Å². The van der Waals surface area contributed by atoms with E-state index in [1.807, 2.05) is 24.3 Å². The Hall–Kier alpha value is -0.930. The summed E-state index contributed by atoms with van der Waals surface area (Å²) in [6.45, 7) is 0. The van der Waals surface area contributed by atoms with Crippen molar-refractivity contribution in [3.63, 3.8) is 0 Å². The monoisotopic (exact) mass is 292 g/mol. The SMILES string of the molecule is O=c1c2c(sc3ccc(Br)cc13)CCC=C2. The first kappa shape index (κ1) is 10.2. The minimum absolute atomic E-state index is 0.168. The molecule has 0 aliphatic heterocycles. The summed E-state index contributed by atoms with van der Waals surface area (Å²) in [5.41, 5.74) is 1.06. The van der Waals surface area contributed by atoms with Gasteiger partial charge < -0.3 is 0 Å². The van der Waals surface area contributed by atoms with Crippen molar-refractivity contribution in [1.29, 1.82) is 0 Å². The smallest absolute Gasteiger partial charge is 0.195 e. The zero-order chi connectivity index (χ0) is 11.1. The molecule has 1 aliphatic carbocycles. The highest BCUT2D eigenvalue weighted by molar-refractivity contribution is 9.10. The molecule has 1 nitrogen and oxygen atoms in total. The Balaban J connectivity index is 2.46. The fourth-order valence-corrected chi connectivity index (χ4v) is 3.51. The van der Waals surface area contributed by atoms with Crippen molar-refractivity contribution in [1.82, 2.24) is 0 Å². The molecule has 16 heavy (non-hydrogen) atoms. The number of rotatable bonds is 0. The normalized spacial score (nSPS) is 14.1. The lowest BCUT2D eigenvalue weighted by molar-refractivity contribution is 1.01. The van der Waals surface area contributed by atoms with Crippen LogP contribution in [0.1, 0.15) is 16.9 Å². The summed E-state index contributed by atoms with van der Waals surface area (Å²) in [7, 11) is 0. The van der Waals surface area contributed by atoms with Crippen LogP contribution in [0.25, 0.3) is 16.2 Å². The molecule has 1 heterocycles. The van der Waals surface area contributed by atoms with Crippen LogP contribution in [-0.4, -0.2) is 0 Å². The van der Waals surface area contributed by atoms with Crippen LogP contribution in [0, 0.1) is 0 Å². The number of aryl methyl sites for hydroxylation is 1. The van der Waals surface area contributed by atoms with Crippen LogP contribution < -0.4 is 5.43 Å². The van der Waals surface area contributed by atoms with Crippen LogP contribution in [0.5, 0.6) is 0 Å². The first-order valence-corrected chi connectivity index (χ1v) is 6.78. The molecular weight excluding hydrogens is 284 g/mol. The average molecular weight is 293 g/mol. The van der Waals surface area contributed by atoms with Crippen LogP contribution in [0.4, 0.5) is 0 Å². The van der Waals surface area contributed by atoms with E-state index in [1.54, 1.807) is 11.3 Å². The molecule has 1 aromatic carbocycles. The summed E-state index contributed by atoms with van der Waals surface area (Å²) in [4.78, 5) is 13.5. The molecule has 0 bridgehead atoms. The van der Waals surface area contributed by atoms with Crippen LogP contribution in [0.2, 0.25) is 0 Å². The lowest BCUT2D eigenvalue weighted by Gasteiger charge is -2.09. The predicted molar refractivity (Wildman–Crippen MR) is 73.2 cm³/mol. The van der Waals surface area contributed by atoms with Gasteiger partial charge in [0.2, 0.25) is 0 Å². The first-order chi connectivity index (χ1) is 7.75. The largest absolute Gasteiger partial charge is 0.289 e. The molecule has 3 heteroatoms. The van der Waals surface area contributed by atoms with Crippen molar-refractivity contribution >= 4 is 43.4 Å². The highest BCUT2D eigenvalue weighted by Crippen LogP contribution is 2.28. The highest BCUT2D eigenvalue weighted by Gasteiger charge is 2.12. The lowest BCUT2D eigenvalue weighted by atomic mass is 10.0. The van der Waals surface area contributed by atoms with Gasteiger partial charge in [-0.2, -0.15) is 0 Å². The van der Waals surface area contributed by atoms with Crippen LogP contribution in [0.15, 0.2) is 33.5 Å². The molecule has 3 rings (SSSR count). The molecular formula is C13H9BrOS. The molecule has 2 aromatic rings. The molecule has 0 unspecified atom stereocenters. The van der Waals surface area contributed by atoms with Gasteiger partial charge in [-0.05, 0) is 31.0 Å². The Morgan fingerprint density at radius 2 is 2.19 bits per heavy atom. The zero-order valence-corrected chi connectivity index (χ0v) is 10.9. The number of fused-ring (bicyclic) bond motifs is 2. The van der Waals surface area contributed by atoms with E-state index in [4.69, 9.17) is 0 Å². The molecule has 1 aliphatic rings. The van der Waals surface area contributed by atoms with Gasteiger partial charge in [-0.3, -0.25) is 4.79 Å². The molecule has 0 fully saturated rings.